The molecule has 1 aliphatic rings. The number of fused-ring (bicyclic) bond motifs is 1. The Morgan fingerprint density at radius 1 is 1.24 bits per heavy atom. The molecule has 0 radical (unpaired) electrons. The molecular formula is C20H28N4O. The van der Waals surface area contributed by atoms with E-state index in [-0.39, 0.29) is 17.6 Å². The number of hydrogen-bond donors (Lipinski definition) is 2. The van der Waals surface area contributed by atoms with Crippen LogP contribution in [0.2, 0.25) is 0 Å². The molecule has 25 heavy (non-hydrogen) atoms. The van der Waals surface area contributed by atoms with Crippen molar-refractivity contribution in [3.05, 3.63) is 46.8 Å². The van der Waals surface area contributed by atoms with Crippen LogP contribution in [0.25, 0.3) is 5.69 Å². The third-order valence-corrected chi connectivity index (χ3v) is 4.71. The molecule has 0 saturated heterocycles. The first-order chi connectivity index (χ1) is 11.7. The minimum absolute atomic E-state index is 0.0198. The number of aryl methyl sites for hydroxylation is 2. The lowest BCUT2D eigenvalue weighted by Gasteiger charge is -2.27. The lowest BCUT2D eigenvalue weighted by atomic mass is 9.93. The van der Waals surface area contributed by atoms with Crippen LogP contribution in [-0.2, 0) is 6.42 Å². The van der Waals surface area contributed by atoms with E-state index >= 15 is 0 Å². The summed E-state index contributed by atoms with van der Waals surface area (Å²) in [5.74, 6) is 0. The fourth-order valence-electron chi connectivity index (χ4n) is 3.32. The van der Waals surface area contributed by atoms with Crippen molar-refractivity contribution in [1.29, 1.82) is 0 Å². The summed E-state index contributed by atoms with van der Waals surface area (Å²) in [6.07, 6.45) is 4.89. The summed E-state index contributed by atoms with van der Waals surface area (Å²) in [6, 6.07) is 6.31. The van der Waals surface area contributed by atoms with E-state index in [1.54, 1.807) is 0 Å². The fourth-order valence-corrected chi connectivity index (χ4v) is 3.32. The van der Waals surface area contributed by atoms with Gasteiger partial charge in [-0.2, -0.15) is 5.10 Å². The second-order valence-corrected chi connectivity index (χ2v) is 8.02. The first-order valence-electron chi connectivity index (χ1n) is 8.98. The number of hydrogen-bond acceptors (Lipinski definition) is 2. The van der Waals surface area contributed by atoms with Crippen LogP contribution in [-0.4, -0.2) is 21.4 Å². The van der Waals surface area contributed by atoms with Crippen LogP contribution in [0, 0.1) is 13.8 Å². The molecule has 5 heteroatoms. The SMILES string of the molecule is Cc1ccc(-n2ncc3c2CCC[C@@H]3NC(=O)NC(C)(C)C)cc1C. The van der Waals surface area contributed by atoms with Crippen molar-refractivity contribution >= 4 is 6.03 Å². The number of rotatable bonds is 2. The molecular weight excluding hydrogens is 312 g/mol. The molecule has 0 saturated carbocycles. The Morgan fingerprint density at radius 3 is 2.68 bits per heavy atom. The number of carbonyl (C=O) groups is 1. The zero-order valence-corrected chi connectivity index (χ0v) is 15.8. The molecule has 1 atom stereocenters. The van der Waals surface area contributed by atoms with Gasteiger partial charge in [-0.25, -0.2) is 9.48 Å². The molecule has 1 aromatic heterocycles. The van der Waals surface area contributed by atoms with Gasteiger partial charge in [0.2, 0.25) is 0 Å². The van der Waals surface area contributed by atoms with Crippen molar-refractivity contribution in [2.75, 3.05) is 0 Å². The second-order valence-electron chi connectivity index (χ2n) is 8.02. The van der Waals surface area contributed by atoms with E-state index in [1.807, 2.05) is 31.6 Å². The van der Waals surface area contributed by atoms with E-state index in [1.165, 1.54) is 16.8 Å². The highest BCUT2D eigenvalue weighted by Crippen LogP contribution is 2.31. The van der Waals surface area contributed by atoms with Crippen LogP contribution in [0.15, 0.2) is 24.4 Å². The van der Waals surface area contributed by atoms with Gasteiger partial charge >= 0.3 is 6.03 Å². The molecule has 0 aliphatic heterocycles. The molecule has 1 aromatic carbocycles. The minimum atomic E-state index is -0.245. The van der Waals surface area contributed by atoms with Crippen molar-refractivity contribution in [2.45, 2.75) is 65.5 Å². The fraction of sp³-hybridized carbons (Fsp3) is 0.500. The second kappa shape index (κ2) is 6.54. The lowest BCUT2D eigenvalue weighted by molar-refractivity contribution is 0.226. The molecule has 3 rings (SSSR count). The van der Waals surface area contributed by atoms with E-state index in [9.17, 15) is 4.79 Å². The predicted octanol–water partition coefficient (Wildman–Crippen LogP) is 3.96. The molecule has 0 spiro atoms. The van der Waals surface area contributed by atoms with E-state index in [4.69, 9.17) is 0 Å². The van der Waals surface area contributed by atoms with Crippen LogP contribution >= 0.6 is 0 Å². The summed E-state index contributed by atoms with van der Waals surface area (Å²) in [7, 11) is 0. The number of urea groups is 1. The van der Waals surface area contributed by atoms with Crippen LogP contribution in [0.3, 0.4) is 0 Å². The number of carbonyl (C=O) groups excluding carboxylic acids is 1. The molecule has 2 aromatic rings. The quantitative estimate of drug-likeness (QED) is 0.869. The minimum Gasteiger partial charge on any atom is -0.334 e. The summed E-state index contributed by atoms with van der Waals surface area (Å²) in [6.45, 7) is 10.2. The number of nitrogens with zero attached hydrogens (tertiary/aromatic N) is 2. The lowest BCUT2D eigenvalue weighted by Crippen LogP contribution is -2.47. The number of nitrogens with one attached hydrogen (secondary N) is 2. The van der Waals surface area contributed by atoms with Crippen LogP contribution in [0.5, 0.6) is 0 Å². The van der Waals surface area contributed by atoms with E-state index in [0.29, 0.717) is 0 Å². The summed E-state index contributed by atoms with van der Waals surface area (Å²) in [5, 5.41) is 10.7. The van der Waals surface area contributed by atoms with Gasteiger partial charge in [0, 0.05) is 16.8 Å². The molecule has 0 bridgehead atoms. The van der Waals surface area contributed by atoms with Gasteiger partial charge in [0.1, 0.15) is 0 Å². The van der Waals surface area contributed by atoms with Crippen molar-refractivity contribution in [3.63, 3.8) is 0 Å². The standard InChI is InChI=1S/C20H28N4O/c1-13-9-10-15(11-14(13)2)24-18-8-6-7-17(16(18)12-21-24)22-19(25)23-20(3,4)5/h9-12,17H,6-8H2,1-5H3,(H2,22,23,25)/t17-/m0/s1. The molecule has 2 N–H and O–H groups in total. The molecule has 5 nitrogen and oxygen atoms in total. The maximum absolute atomic E-state index is 12.2. The van der Waals surface area contributed by atoms with Gasteiger partial charge in [-0.15, -0.1) is 0 Å². The molecule has 2 amide bonds. The van der Waals surface area contributed by atoms with Crippen LogP contribution in [0.1, 0.15) is 62.0 Å². The smallest absolute Gasteiger partial charge is 0.315 e. The van der Waals surface area contributed by atoms with E-state index in [2.05, 4.69) is 47.8 Å². The Bertz CT molecular complexity index is 785. The van der Waals surface area contributed by atoms with Gasteiger partial charge in [-0.05, 0) is 77.1 Å². The molecule has 1 heterocycles. The Morgan fingerprint density at radius 2 is 2.00 bits per heavy atom. The highest BCUT2D eigenvalue weighted by atomic mass is 16.2. The van der Waals surface area contributed by atoms with Crippen molar-refractivity contribution in [1.82, 2.24) is 20.4 Å². The van der Waals surface area contributed by atoms with Gasteiger partial charge in [0.25, 0.3) is 0 Å². The summed E-state index contributed by atoms with van der Waals surface area (Å²) >= 11 is 0. The highest BCUT2D eigenvalue weighted by molar-refractivity contribution is 5.75. The first kappa shape index (κ1) is 17.5. The number of aromatic nitrogens is 2. The summed E-state index contributed by atoms with van der Waals surface area (Å²) in [4.78, 5) is 12.2. The number of benzene rings is 1. The largest absolute Gasteiger partial charge is 0.334 e. The average Bonchev–Trinajstić information content (AvgIpc) is 2.93. The van der Waals surface area contributed by atoms with Gasteiger partial charge in [-0.1, -0.05) is 6.07 Å². The Balaban J connectivity index is 1.85. The Kier molecular flexibility index (Phi) is 4.58. The third-order valence-electron chi connectivity index (χ3n) is 4.71. The monoisotopic (exact) mass is 340 g/mol. The topological polar surface area (TPSA) is 59.0 Å². The predicted molar refractivity (Wildman–Crippen MR) is 100 cm³/mol. The zero-order valence-electron chi connectivity index (χ0n) is 15.8. The van der Waals surface area contributed by atoms with Crippen LogP contribution in [0.4, 0.5) is 4.79 Å². The Labute approximate surface area is 149 Å². The van der Waals surface area contributed by atoms with Crippen molar-refractivity contribution in [3.8, 4) is 5.69 Å². The Hall–Kier alpha value is -2.30. The third kappa shape index (κ3) is 3.86. The van der Waals surface area contributed by atoms with Gasteiger partial charge < -0.3 is 10.6 Å². The van der Waals surface area contributed by atoms with E-state index < -0.39 is 0 Å². The van der Waals surface area contributed by atoms with Gasteiger partial charge in [0.15, 0.2) is 0 Å². The zero-order chi connectivity index (χ0) is 18.2. The number of amides is 2. The van der Waals surface area contributed by atoms with E-state index in [0.717, 1.165) is 30.5 Å². The van der Waals surface area contributed by atoms with Gasteiger partial charge in [-0.3, -0.25) is 0 Å². The van der Waals surface area contributed by atoms with Crippen LogP contribution < -0.4 is 10.6 Å². The average molecular weight is 340 g/mol. The summed E-state index contributed by atoms with van der Waals surface area (Å²) < 4.78 is 2.03. The molecule has 1 aliphatic carbocycles. The maximum atomic E-state index is 12.2. The first-order valence-corrected chi connectivity index (χ1v) is 8.98. The molecule has 134 valence electrons. The highest BCUT2D eigenvalue weighted by Gasteiger charge is 2.27. The summed E-state index contributed by atoms with van der Waals surface area (Å²) in [5.41, 5.74) is 5.72. The molecule has 0 unspecified atom stereocenters. The normalized spacial score (nSPS) is 17.1. The van der Waals surface area contributed by atoms with Gasteiger partial charge in [0.05, 0.1) is 17.9 Å². The maximum Gasteiger partial charge on any atom is 0.315 e. The van der Waals surface area contributed by atoms with Crippen molar-refractivity contribution < 1.29 is 4.79 Å². The molecule has 0 fully saturated rings. The van der Waals surface area contributed by atoms with Crippen molar-refractivity contribution in [2.24, 2.45) is 0 Å².